The standard InChI is InChI=1S/C15H20FNO2/c1-3-10(2)17-9-12(8-14(17)18)15(19)11-4-6-13(16)7-5-11/h4-7,10,12,15,19H,3,8-9H2,1-2H3. The van der Waals surface area contributed by atoms with Gasteiger partial charge < -0.3 is 10.0 Å². The van der Waals surface area contributed by atoms with Crippen molar-refractivity contribution >= 4 is 5.91 Å². The minimum atomic E-state index is -0.710. The number of rotatable bonds is 4. The Morgan fingerprint density at radius 1 is 1.42 bits per heavy atom. The summed E-state index contributed by atoms with van der Waals surface area (Å²) in [4.78, 5) is 13.8. The van der Waals surface area contributed by atoms with Gasteiger partial charge in [-0.1, -0.05) is 19.1 Å². The van der Waals surface area contributed by atoms with Gasteiger partial charge in [-0.25, -0.2) is 4.39 Å². The number of aliphatic hydroxyl groups excluding tert-OH is 1. The highest BCUT2D eigenvalue weighted by Gasteiger charge is 2.36. The molecule has 4 heteroatoms. The average Bonchev–Trinajstić information content (AvgIpc) is 2.80. The Morgan fingerprint density at radius 2 is 2.05 bits per heavy atom. The van der Waals surface area contributed by atoms with Gasteiger partial charge in [0.2, 0.25) is 5.91 Å². The summed E-state index contributed by atoms with van der Waals surface area (Å²) in [5.74, 6) is -0.327. The molecule has 1 amide bonds. The number of carbonyl (C=O) groups is 1. The molecule has 0 aliphatic carbocycles. The van der Waals surface area contributed by atoms with Crippen molar-refractivity contribution in [3.8, 4) is 0 Å². The quantitative estimate of drug-likeness (QED) is 0.908. The minimum Gasteiger partial charge on any atom is -0.388 e. The van der Waals surface area contributed by atoms with Crippen molar-refractivity contribution in [2.75, 3.05) is 6.54 Å². The average molecular weight is 265 g/mol. The number of carbonyl (C=O) groups excluding carboxylic acids is 1. The molecule has 1 N–H and O–H groups in total. The Bertz CT molecular complexity index is 446. The SMILES string of the molecule is CCC(C)N1CC(C(O)c2ccc(F)cc2)CC1=O. The number of aliphatic hydroxyl groups is 1. The van der Waals surface area contributed by atoms with E-state index in [1.807, 2.05) is 18.7 Å². The second-order valence-electron chi connectivity index (χ2n) is 5.26. The van der Waals surface area contributed by atoms with Gasteiger partial charge in [-0.15, -0.1) is 0 Å². The Morgan fingerprint density at radius 3 is 2.63 bits per heavy atom. The van der Waals surface area contributed by atoms with Crippen LogP contribution in [0.5, 0.6) is 0 Å². The summed E-state index contributed by atoms with van der Waals surface area (Å²) in [6.07, 6.45) is 0.562. The van der Waals surface area contributed by atoms with Gasteiger partial charge in [0.15, 0.2) is 0 Å². The number of likely N-dealkylation sites (tertiary alicyclic amines) is 1. The summed E-state index contributed by atoms with van der Waals surface area (Å²) in [6, 6.07) is 6.04. The lowest BCUT2D eigenvalue weighted by Gasteiger charge is -2.24. The summed E-state index contributed by atoms with van der Waals surface area (Å²) in [5, 5.41) is 10.3. The van der Waals surface area contributed by atoms with E-state index in [1.165, 1.54) is 12.1 Å². The summed E-state index contributed by atoms with van der Waals surface area (Å²) in [5.41, 5.74) is 0.671. The first kappa shape index (κ1) is 14.0. The molecule has 3 atom stereocenters. The molecule has 0 radical (unpaired) electrons. The third-order valence-corrected chi connectivity index (χ3v) is 3.97. The van der Waals surface area contributed by atoms with Crippen LogP contribution in [-0.4, -0.2) is 28.5 Å². The van der Waals surface area contributed by atoms with Crippen molar-refractivity contribution in [2.45, 2.75) is 38.8 Å². The Hall–Kier alpha value is -1.42. The minimum absolute atomic E-state index is 0.0977. The highest BCUT2D eigenvalue weighted by atomic mass is 19.1. The van der Waals surface area contributed by atoms with Crippen molar-refractivity contribution in [1.82, 2.24) is 4.90 Å². The smallest absolute Gasteiger partial charge is 0.223 e. The Balaban J connectivity index is 2.07. The van der Waals surface area contributed by atoms with Gasteiger partial charge in [-0.2, -0.15) is 0 Å². The fourth-order valence-corrected chi connectivity index (χ4v) is 2.55. The molecule has 1 fully saturated rings. The van der Waals surface area contributed by atoms with E-state index in [-0.39, 0.29) is 23.7 Å². The third kappa shape index (κ3) is 2.95. The first-order chi connectivity index (χ1) is 9.02. The van der Waals surface area contributed by atoms with Gasteiger partial charge in [0, 0.05) is 24.9 Å². The molecule has 19 heavy (non-hydrogen) atoms. The molecule has 0 aromatic heterocycles. The van der Waals surface area contributed by atoms with E-state index in [4.69, 9.17) is 0 Å². The van der Waals surface area contributed by atoms with E-state index in [9.17, 15) is 14.3 Å². The summed E-state index contributed by atoms with van der Waals surface area (Å²) in [6.45, 7) is 4.64. The monoisotopic (exact) mass is 265 g/mol. The topological polar surface area (TPSA) is 40.5 Å². The number of hydrogen-bond acceptors (Lipinski definition) is 2. The van der Waals surface area contributed by atoms with E-state index < -0.39 is 6.10 Å². The molecule has 3 nitrogen and oxygen atoms in total. The van der Waals surface area contributed by atoms with Gasteiger partial charge in [-0.05, 0) is 31.0 Å². The van der Waals surface area contributed by atoms with Crippen molar-refractivity contribution in [1.29, 1.82) is 0 Å². The summed E-state index contributed by atoms with van der Waals surface area (Å²) >= 11 is 0. The predicted octanol–water partition coefficient (Wildman–Crippen LogP) is 2.51. The summed E-state index contributed by atoms with van der Waals surface area (Å²) < 4.78 is 12.9. The number of hydrogen-bond donors (Lipinski definition) is 1. The second-order valence-corrected chi connectivity index (χ2v) is 5.26. The Kier molecular flexibility index (Phi) is 4.20. The number of amides is 1. The molecular formula is C15H20FNO2. The van der Waals surface area contributed by atoms with Crippen molar-refractivity contribution in [3.05, 3.63) is 35.6 Å². The molecule has 3 unspecified atom stereocenters. The van der Waals surface area contributed by atoms with E-state index >= 15 is 0 Å². The van der Waals surface area contributed by atoms with Crippen LogP contribution in [-0.2, 0) is 4.79 Å². The Labute approximate surface area is 113 Å². The number of benzene rings is 1. The van der Waals surface area contributed by atoms with Crippen LogP contribution in [0.25, 0.3) is 0 Å². The molecule has 1 aromatic rings. The van der Waals surface area contributed by atoms with Crippen LogP contribution in [0.3, 0.4) is 0 Å². The molecule has 2 rings (SSSR count). The van der Waals surface area contributed by atoms with Crippen LogP contribution < -0.4 is 0 Å². The lowest BCUT2D eigenvalue weighted by molar-refractivity contribution is -0.129. The first-order valence-corrected chi connectivity index (χ1v) is 6.76. The van der Waals surface area contributed by atoms with Gasteiger partial charge in [0.05, 0.1) is 6.10 Å². The number of nitrogens with zero attached hydrogens (tertiary/aromatic N) is 1. The van der Waals surface area contributed by atoms with E-state index in [1.54, 1.807) is 12.1 Å². The molecule has 104 valence electrons. The van der Waals surface area contributed by atoms with Crippen LogP contribution in [0.2, 0.25) is 0 Å². The highest BCUT2D eigenvalue weighted by molar-refractivity contribution is 5.79. The normalized spacial score (nSPS) is 22.6. The second kappa shape index (κ2) is 5.70. The zero-order valence-electron chi connectivity index (χ0n) is 11.3. The highest BCUT2D eigenvalue weighted by Crippen LogP contribution is 2.32. The van der Waals surface area contributed by atoms with Crippen LogP contribution in [0, 0.1) is 11.7 Å². The maximum Gasteiger partial charge on any atom is 0.223 e. The number of halogens is 1. The first-order valence-electron chi connectivity index (χ1n) is 6.76. The lowest BCUT2D eigenvalue weighted by Crippen LogP contribution is -2.34. The molecular weight excluding hydrogens is 245 g/mol. The van der Waals surface area contributed by atoms with Crippen LogP contribution >= 0.6 is 0 Å². The molecule has 0 spiro atoms. The zero-order valence-corrected chi connectivity index (χ0v) is 11.3. The fourth-order valence-electron chi connectivity index (χ4n) is 2.55. The van der Waals surface area contributed by atoms with Crippen molar-refractivity contribution < 1.29 is 14.3 Å². The van der Waals surface area contributed by atoms with E-state index in [0.29, 0.717) is 18.5 Å². The van der Waals surface area contributed by atoms with Gasteiger partial charge in [0.25, 0.3) is 0 Å². The van der Waals surface area contributed by atoms with E-state index in [0.717, 1.165) is 6.42 Å². The van der Waals surface area contributed by atoms with Crippen molar-refractivity contribution in [2.24, 2.45) is 5.92 Å². The molecule has 1 heterocycles. The van der Waals surface area contributed by atoms with E-state index in [2.05, 4.69) is 0 Å². The fraction of sp³-hybridized carbons (Fsp3) is 0.533. The molecule has 1 aromatic carbocycles. The lowest BCUT2D eigenvalue weighted by atomic mass is 9.95. The van der Waals surface area contributed by atoms with Gasteiger partial charge in [-0.3, -0.25) is 4.79 Å². The maximum absolute atomic E-state index is 12.9. The molecule has 0 bridgehead atoms. The van der Waals surface area contributed by atoms with Gasteiger partial charge >= 0.3 is 0 Å². The summed E-state index contributed by atoms with van der Waals surface area (Å²) in [7, 11) is 0. The molecule has 1 aliphatic heterocycles. The third-order valence-electron chi connectivity index (χ3n) is 3.97. The largest absolute Gasteiger partial charge is 0.388 e. The molecule has 1 aliphatic rings. The maximum atomic E-state index is 12.9. The van der Waals surface area contributed by atoms with Crippen LogP contribution in [0.15, 0.2) is 24.3 Å². The van der Waals surface area contributed by atoms with Gasteiger partial charge in [0.1, 0.15) is 5.82 Å². The predicted molar refractivity (Wildman–Crippen MR) is 70.9 cm³/mol. The van der Waals surface area contributed by atoms with Crippen LogP contribution in [0.4, 0.5) is 4.39 Å². The zero-order chi connectivity index (χ0) is 14.0. The van der Waals surface area contributed by atoms with Crippen molar-refractivity contribution in [3.63, 3.8) is 0 Å². The molecule has 1 saturated heterocycles. The molecule has 0 saturated carbocycles. The van der Waals surface area contributed by atoms with Crippen LogP contribution in [0.1, 0.15) is 38.4 Å².